The first-order valence-corrected chi connectivity index (χ1v) is 6.64. The molecule has 0 aliphatic carbocycles. The Morgan fingerprint density at radius 1 is 1.29 bits per heavy atom. The average Bonchev–Trinajstić information content (AvgIpc) is 2.67. The van der Waals surface area contributed by atoms with Crippen molar-refractivity contribution in [2.75, 3.05) is 0 Å². The molecule has 2 aromatic rings. The van der Waals surface area contributed by atoms with E-state index in [9.17, 15) is 8.60 Å². The molecule has 1 heterocycles. The van der Waals surface area contributed by atoms with Crippen molar-refractivity contribution in [3.63, 3.8) is 0 Å². The summed E-state index contributed by atoms with van der Waals surface area (Å²) in [5.41, 5.74) is 1.54. The van der Waals surface area contributed by atoms with E-state index < -0.39 is 10.8 Å². The van der Waals surface area contributed by atoms with Crippen LogP contribution < -0.4 is 0 Å². The summed E-state index contributed by atoms with van der Waals surface area (Å²) in [4.78, 5) is 0. The second-order valence-electron chi connectivity index (χ2n) is 3.78. The van der Waals surface area contributed by atoms with E-state index in [1.165, 1.54) is 12.1 Å². The van der Waals surface area contributed by atoms with Crippen LogP contribution in [0.15, 0.2) is 34.9 Å². The van der Waals surface area contributed by atoms with Crippen molar-refractivity contribution in [1.29, 1.82) is 0 Å². The summed E-state index contributed by atoms with van der Waals surface area (Å²) in [6.07, 6.45) is 0. The molecule has 0 unspecified atom stereocenters. The molecule has 0 saturated carbocycles. The monoisotopic (exact) mass is 253 g/mol. The topological polar surface area (TPSA) is 43.1 Å². The second-order valence-corrected chi connectivity index (χ2v) is 5.24. The molecule has 0 amide bonds. The lowest BCUT2D eigenvalue weighted by atomic mass is 10.2. The molecule has 0 fully saturated rings. The number of halogens is 1. The van der Waals surface area contributed by atoms with Crippen LogP contribution in [-0.4, -0.2) is 9.37 Å². The van der Waals surface area contributed by atoms with Crippen LogP contribution in [0.25, 0.3) is 0 Å². The number of nitrogens with zero attached hydrogens (tertiary/aromatic N) is 1. The molecule has 0 bridgehead atoms. The summed E-state index contributed by atoms with van der Waals surface area (Å²) in [6, 6.07) is 7.78. The van der Waals surface area contributed by atoms with Gasteiger partial charge in [-0.1, -0.05) is 17.3 Å². The maximum Gasteiger partial charge on any atom is 0.133 e. The van der Waals surface area contributed by atoms with Crippen molar-refractivity contribution in [3.05, 3.63) is 53.2 Å². The zero-order chi connectivity index (χ0) is 12.3. The van der Waals surface area contributed by atoms with Crippen LogP contribution in [0.3, 0.4) is 0 Å². The van der Waals surface area contributed by atoms with Crippen molar-refractivity contribution in [2.45, 2.75) is 18.4 Å². The molecule has 0 aliphatic rings. The Labute approximate surface area is 101 Å². The van der Waals surface area contributed by atoms with Crippen LogP contribution in [0.4, 0.5) is 4.39 Å². The van der Waals surface area contributed by atoms with Gasteiger partial charge in [0.1, 0.15) is 11.6 Å². The first-order valence-electron chi connectivity index (χ1n) is 5.15. The number of aromatic nitrogens is 1. The minimum atomic E-state index is -1.06. The van der Waals surface area contributed by atoms with Gasteiger partial charge in [0.2, 0.25) is 0 Å². The summed E-state index contributed by atoms with van der Waals surface area (Å²) in [5, 5.41) is 3.78. The Morgan fingerprint density at radius 3 is 2.59 bits per heavy atom. The largest absolute Gasteiger partial charge is 0.361 e. The van der Waals surface area contributed by atoms with Gasteiger partial charge in [-0.3, -0.25) is 4.21 Å². The predicted molar refractivity (Wildman–Crippen MR) is 63.2 cm³/mol. The number of benzene rings is 1. The van der Waals surface area contributed by atoms with Gasteiger partial charge in [0.25, 0.3) is 0 Å². The van der Waals surface area contributed by atoms with Crippen molar-refractivity contribution < 1.29 is 13.1 Å². The lowest BCUT2D eigenvalue weighted by Crippen LogP contribution is -1.99. The van der Waals surface area contributed by atoms with Gasteiger partial charge in [-0.2, -0.15) is 0 Å². The molecule has 0 N–H and O–H groups in total. The molecular formula is C12H12FNO2S. The molecule has 0 saturated heterocycles. The van der Waals surface area contributed by atoms with Crippen molar-refractivity contribution in [1.82, 2.24) is 5.16 Å². The van der Waals surface area contributed by atoms with E-state index in [4.69, 9.17) is 4.52 Å². The van der Waals surface area contributed by atoms with E-state index >= 15 is 0 Å². The van der Waals surface area contributed by atoms with Crippen LogP contribution in [0.1, 0.15) is 17.0 Å². The van der Waals surface area contributed by atoms with E-state index in [0.29, 0.717) is 23.0 Å². The second kappa shape index (κ2) is 5.23. The maximum atomic E-state index is 12.7. The molecule has 2 rings (SSSR count). The number of hydrogen-bond acceptors (Lipinski definition) is 3. The van der Waals surface area contributed by atoms with Crippen molar-refractivity contribution in [3.8, 4) is 0 Å². The molecule has 3 nitrogen and oxygen atoms in total. The van der Waals surface area contributed by atoms with Crippen LogP contribution in [0.5, 0.6) is 0 Å². The van der Waals surface area contributed by atoms with Crippen LogP contribution in [0, 0.1) is 12.7 Å². The molecule has 90 valence electrons. The van der Waals surface area contributed by atoms with E-state index in [0.717, 1.165) is 5.56 Å². The Bertz CT molecular complexity index is 522. The predicted octanol–water partition coefficient (Wildman–Crippen LogP) is 2.57. The summed E-state index contributed by atoms with van der Waals surface area (Å²) >= 11 is 0. The number of rotatable bonds is 4. The molecule has 17 heavy (non-hydrogen) atoms. The highest BCUT2D eigenvalue weighted by molar-refractivity contribution is 7.83. The fourth-order valence-corrected chi connectivity index (χ4v) is 2.60. The third-order valence-corrected chi connectivity index (χ3v) is 3.50. The molecule has 1 aromatic heterocycles. The smallest absolute Gasteiger partial charge is 0.133 e. The average molecular weight is 253 g/mol. The highest BCUT2D eigenvalue weighted by Crippen LogP contribution is 2.10. The highest BCUT2D eigenvalue weighted by atomic mass is 32.2. The normalized spacial score (nSPS) is 12.6. The standard InChI is InChI=1S/C12H12FNO2S/c1-9-6-12(14-16-9)8-17(15)7-10-2-4-11(13)5-3-10/h2-6H,7-8H2,1H3/t17-/m0/s1. The minimum Gasteiger partial charge on any atom is -0.361 e. The van der Waals surface area contributed by atoms with Crippen molar-refractivity contribution >= 4 is 10.8 Å². The quantitative estimate of drug-likeness (QED) is 0.841. The molecule has 0 aliphatic heterocycles. The first kappa shape index (κ1) is 12.0. The van der Waals surface area contributed by atoms with Crippen LogP contribution in [-0.2, 0) is 22.3 Å². The molecule has 0 spiro atoms. The van der Waals surface area contributed by atoms with E-state index in [1.54, 1.807) is 25.1 Å². The third kappa shape index (κ3) is 3.49. The van der Waals surface area contributed by atoms with Gasteiger partial charge >= 0.3 is 0 Å². The van der Waals surface area contributed by atoms with Gasteiger partial charge in [-0.25, -0.2) is 4.39 Å². The Morgan fingerprint density at radius 2 is 2.00 bits per heavy atom. The summed E-state index contributed by atoms with van der Waals surface area (Å²) < 4.78 is 29.4. The lowest BCUT2D eigenvalue weighted by molar-refractivity contribution is 0.392. The Hall–Kier alpha value is -1.49. The van der Waals surface area contributed by atoms with E-state index in [-0.39, 0.29) is 5.82 Å². The van der Waals surface area contributed by atoms with Gasteiger partial charge < -0.3 is 4.52 Å². The number of hydrogen-bond donors (Lipinski definition) is 0. The van der Waals surface area contributed by atoms with Crippen LogP contribution in [0.2, 0.25) is 0 Å². The zero-order valence-electron chi connectivity index (χ0n) is 9.35. The maximum absolute atomic E-state index is 12.7. The summed E-state index contributed by atoms with van der Waals surface area (Å²) in [7, 11) is -1.06. The fraction of sp³-hybridized carbons (Fsp3) is 0.250. The zero-order valence-corrected chi connectivity index (χ0v) is 10.2. The summed E-state index contributed by atoms with van der Waals surface area (Å²) in [5.74, 6) is 1.17. The van der Waals surface area contributed by atoms with E-state index in [2.05, 4.69) is 5.16 Å². The van der Waals surface area contributed by atoms with Gasteiger partial charge in [0.15, 0.2) is 0 Å². The first-order chi connectivity index (χ1) is 8.13. The SMILES string of the molecule is Cc1cc(C[S@@](=O)Cc2ccc(F)cc2)no1. The van der Waals surface area contributed by atoms with Gasteiger partial charge in [-0.05, 0) is 24.6 Å². The molecule has 1 atom stereocenters. The van der Waals surface area contributed by atoms with Crippen molar-refractivity contribution in [2.24, 2.45) is 0 Å². The number of aryl methyl sites for hydroxylation is 1. The van der Waals surface area contributed by atoms with Gasteiger partial charge in [-0.15, -0.1) is 0 Å². The Kier molecular flexibility index (Phi) is 3.68. The minimum absolute atomic E-state index is 0.286. The highest BCUT2D eigenvalue weighted by Gasteiger charge is 2.07. The lowest BCUT2D eigenvalue weighted by Gasteiger charge is -2.00. The fourth-order valence-electron chi connectivity index (χ4n) is 1.47. The molecule has 5 heteroatoms. The molecule has 0 radical (unpaired) electrons. The summed E-state index contributed by atoms with van der Waals surface area (Å²) in [6.45, 7) is 1.79. The van der Waals surface area contributed by atoms with Crippen LogP contribution >= 0.6 is 0 Å². The third-order valence-electron chi connectivity index (χ3n) is 2.23. The van der Waals surface area contributed by atoms with Gasteiger partial charge in [0.05, 0.1) is 11.4 Å². The Balaban J connectivity index is 1.95. The van der Waals surface area contributed by atoms with Gasteiger partial charge in [0, 0.05) is 22.6 Å². The molecule has 1 aromatic carbocycles. The molecular weight excluding hydrogens is 241 g/mol. The van der Waals surface area contributed by atoms with E-state index in [1.807, 2.05) is 0 Å².